The van der Waals surface area contributed by atoms with Gasteiger partial charge in [-0.2, -0.15) is 0 Å². The Bertz CT molecular complexity index is 1840. The van der Waals surface area contributed by atoms with Gasteiger partial charge >= 0.3 is 5.97 Å². The molecule has 1 saturated heterocycles. The maximum atomic E-state index is 13.8. The van der Waals surface area contributed by atoms with E-state index in [1.54, 1.807) is 48.4 Å². The van der Waals surface area contributed by atoms with Gasteiger partial charge in [-0.25, -0.2) is 9.18 Å². The van der Waals surface area contributed by atoms with E-state index in [4.69, 9.17) is 14.5 Å². The fourth-order valence-corrected chi connectivity index (χ4v) is 6.68. The number of benzene rings is 3. The minimum absolute atomic E-state index is 0.164. The van der Waals surface area contributed by atoms with Crippen LogP contribution in [0.15, 0.2) is 72.8 Å². The molecule has 2 heterocycles. The highest BCUT2D eigenvalue weighted by Gasteiger charge is 2.36. The van der Waals surface area contributed by atoms with E-state index in [1.165, 1.54) is 12.1 Å². The zero-order chi connectivity index (χ0) is 37.1. The van der Waals surface area contributed by atoms with Gasteiger partial charge in [0, 0.05) is 54.3 Å². The molecule has 9 heteroatoms. The molecule has 0 saturated carbocycles. The SMILES string of the molecule is COc1ccc(C(=O)N(Cc2ccc(F)cc2)Cc2ccc(-c3c(C)nc(C)c(C(OC(C)(C)C)C(=O)O)c3N3CCC(C)(C)CC3)cc2)cc1. The second-order valence-electron chi connectivity index (χ2n) is 15.2. The molecule has 3 aromatic carbocycles. The molecule has 0 aliphatic carbocycles. The minimum atomic E-state index is -1.20. The largest absolute Gasteiger partial charge is 0.497 e. The number of halogens is 1. The molecule has 1 N–H and O–H groups in total. The number of rotatable bonds is 11. The zero-order valence-corrected chi connectivity index (χ0v) is 31.0. The summed E-state index contributed by atoms with van der Waals surface area (Å²) in [5, 5.41) is 10.5. The van der Waals surface area contributed by atoms with Crippen LogP contribution < -0.4 is 9.64 Å². The Morgan fingerprint density at radius 1 is 0.902 bits per heavy atom. The normalized spacial score (nSPS) is 15.0. The molecular weight excluding hydrogens is 645 g/mol. The lowest BCUT2D eigenvalue weighted by Crippen LogP contribution is -2.39. The number of carboxylic acids is 1. The fourth-order valence-electron chi connectivity index (χ4n) is 6.68. The van der Waals surface area contributed by atoms with Crippen molar-refractivity contribution in [3.05, 3.63) is 112 Å². The lowest BCUT2D eigenvalue weighted by atomic mass is 9.81. The molecule has 8 nitrogen and oxygen atoms in total. The van der Waals surface area contributed by atoms with E-state index in [0.29, 0.717) is 29.1 Å². The molecule has 0 spiro atoms. The first-order valence-electron chi connectivity index (χ1n) is 17.5. The van der Waals surface area contributed by atoms with Gasteiger partial charge in [0.15, 0.2) is 6.10 Å². The van der Waals surface area contributed by atoms with Crippen LogP contribution in [-0.2, 0) is 22.6 Å². The van der Waals surface area contributed by atoms with Crippen molar-refractivity contribution >= 4 is 17.6 Å². The highest BCUT2D eigenvalue weighted by atomic mass is 19.1. The Kier molecular flexibility index (Phi) is 11.2. The summed E-state index contributed by atoms with van der Waals surface area (Å²) < 4.78 is 25.2. The van der Waals surface area contributed by atoms with Gasteiger partial charge < -0.3 is 24.4 Å². The summed E-state index contributed by atoms with van der Waals surface area (Å²) in [6.07, 6.45) is 0.731. The van der Waals surface area contributed by atoms with Crippen molar-refractivity contribution in [1.29, 1.82) is 0 Å². The van der Waals surface area contributed by atoms with Crippen molar-refractivity contribution in [3.8, 4) is 16.9 Å². The number of carbonyl (C=O) groups excluding carboxylic acids is 1. The number of piperidine rings is 1. The summed E-state index contributed by atoms with van der Waals surface area (Å²) in [6.45, 7) is 16.1. The Morgan fingerprint density at radius 2 is 1.45 bits per heavy atom. The van der Waals surface area contributed by atoms with Gasteiger partial charge in [-0.1, -0.05) is 50.2 Å². The predicted molar refractivity (Wildman–Crippen MR) is 199 cm³/mol. The standard InChI is InChI=1S/C42H50FN3O5/c1-27-35(37(45-23-21-42(6,7)22-24-45)36(28(2)44-27)38(40(48)49)51-41(3,4)5)31-13-9-29(10-14-31)25-46(26-30-11-17-33(43)18-12-30)39(47)32-15-19-34(50-8)20-16-32/h9-20,38H,21-26H2,1-8H3,(H,48,49). The summed E-state index contributed by atoms with van der Waals surface area (Å²) in [4.78, 5) is 35.7. The molecule has 5 rings (SSSR count). The van der Waals surface area contributed by atoms with Crippen LogP contribution in [0.5, 0.6) is 5.75 Å². The third-order valence-electron chi connectivity index (χ3n) is 9.50. The van der Waals surface area contributed by atoms with Crippen LogP contribution in [0, 0.1) is 25.1 Å². The van der Waals surface area contributed by atoms with Crippen LogP contribution in [0.4, 0.5) is 10.1 Å². The van der Waals surface area contributed by atoms with E-state index in [2.05, 4.69) is 18.7 Å². The maximum absolute atomic E-state index is 13.8. The highest BCUT2D eigenvalue weighted by molar-refractivity contribution is 5.94. The first kappa shape index (κ1) is 37.5. The van der Waals surface area contributed by atoms with Crippen LogP contribution in [0.25, 0.3) is 11.1 Å². The van der Waals surface area contributed by atoms with Crippen LogP contribution in [-0.4, -0.2) is 52.7 Å². The Morgan fingerprint density at radius 3 is 1.96 bits per heavy atom. The maximum Gasteiger partial charge on any atom is 0.337 e. The number of aryl methyl sites for hydroxylation is 2. The lowest BCUT2D eigenvalue weighted by Gasteiger charge is -2.41. The second kappa shape index (κ2) is 15.2. The number of hydrogen-bond donors (Lipinski definition) is 1. The minimum Gasteiger partial charge on any atom is -0.497 e. The molecular formula is C42H50FN3O5. The number of pyridine rings is 1. The highest BCUT2D eigenvalue weighted by Crippen LogP contribution is 2.45. The molecule has 1 aliphatic heterocycles. The average molecular weight is 696 g/mol. The molecule has 51 heavy (non-hydrogen) atoms. The molecule has 1 amide bonds. The van der Waals surface area contributed by atoms with Crippen LogP contribution in [0.3, 0.4) is 0 Å². The van der Waals surface area contributed by atoms with Gasteiger partial charge in [-0.3, -0.25) is 9.78 Å². The fraction of sp³-hybridized carbons (Fsp3) is 0.405. The Hall–Kier alpha value is -4.76. The van der Waals surface area contributed by atoms with Crippen molar-refractivity contribution in [2.45, 2.75) is 86.1 Å². The molecule has 270 valence electrons. The van der Waals surface area contributed by atoms with Crippen molar-refractivity contribution < 1.29 is 28.6 Å². The van der Waals surface area contributed by atoms with Crippen molar-refractivity contribution in [1.82, 2.24) is 9.88 Å². The number of ether oxygens (including phenoxy) is 2. The van der Waals surface area contributed by atoms with E-state index in [1.807, 2.05) is 58.9 Å². The number of amides is 1. The van der Waals surface area contributed by atoms with Gasteiger partial charge in [-0.15, -0.1) is 0 Å². The Balaban J connectivity index is 1.55. The van der Waals surface area contributed by atoms with E-state index in [-0.39, 0.29) is 23.7 Å². The monoisotopic (exact) mass is 695 g/mol. The van der Waals surface area contributed by atoms with Crippen molar-refractivity contribution in [2.75, 3.05) is 25.1 Å². The molecule has 1 aromatic heterocycles. The van der Waals surface area contributed by atoms with Crippen LogP contribution in [0.1, 0.15) is 92.0 Å². The van der Waals surface area contributed by atoms with E-state index in [0.717, 1.165) is 59.6 Å². The molecule has 1 unspecified atom stereocenters. The van der Waals surface area contributed by atoms with Gasteiger partial charge in [-0.05, 0) is 106 Å². The topological polar surface area (TPSA) is 92.2 Å². The number of methoxy groups -OCH3 is 1. The van der Waals surface area contributed by atoms with Crippen molar-refractivity contribution in [2.24, 2.45) is 5.41 Å². The first-order chi connectivity index (χ1) is 24.0. The van der Waals surface area contributed by atoms with Crippen molar-refractivity contribution in [3.63, 3.8) is 0 Å². The first-order valence-corrected chi connectivity index (χ1v) is 17.5. The number of hydrogen-bond acceptors (Lipinski definition) is 6. The summed E-state index contributed by atoms with van der Waals surface area (Å²) >= 11 is 0. The van der Waals surface area contributed by atoms with Crippen LogP contribution >= 0.6 is 0 Å². The van der Waals surface area contributed by atoms with Gasteiger partial charge in [0.05, 0.1) is 18.4 Å². The number of carbonyl (C=O) groups is 2. The third kappa shape index (κ3) is 9.13. The summed E-state index contributed by atoms with van der Waals surface area (Å²) in [5.41, 5.74) is 6.37. The lowest BCUT2D eigenvalue weighted by molar-refractivity contribution is -0.160. The summed E-state index contributed by atoms with van der Waals surface area (Å²) in [5.74, 6) is -0.897. The van der Waals surface area contributed by atoms with Gasteiger partial charge in [0.2, 0.25) is 0 Å². The summed E-state index contributed by atoms with van der Waals surface area (Å²) in [6, 6.07) is 21.2. The van der Waals surface area contributed by atoms with Crippen LogP contribution in [0.2, 0.25) is 0 Å². The van der Waals surface area contributed by atoms with E-state index < -0.39 is 17.7 Å². The Labute approximate surface area is 301 Å². The number of aliphatic carboxylic acids is 1. The zero-order valence-electron chi connectivity index (χ0n) is 31.0. The predicted octanol–water partition coefficient (Wildman–Crippen LogP) is 8.92. The quantitative estimate of drug-likeness (QED) is 0.168. The molecule has 1 fully saturated rings. The number of nitrogens with zero attached hydrogens (tertiary/aromatic N) is 3. The molecule has 4 aromatic rings. The number of aromatic nitrogens is 1. The molecule has 1 atom stereocenters. The smallest absolute Gasteiger partial charge is 0.337 e. The van der Waals surface area contributed by atoms with Gasteiger partial charge in [0.25, 0.3) is 5.91 Å². The number of anilines is 1. The molecule has 0 bridgehead atoms. The van der Waals surface area contributed by atoms with Gasteiger partial charge in [0.1, 0.15) is 11.6 Å². The summed E-state index contributed by atoms with van der Waals surface area (Å²) in [7, 11) is 1.58. The number of carboxylic acid groups (broad SMARTS) is 1. The second-order valence-corrected chi connectivity index (χ2v) is 15.2. The molecule has 0 radical (unpaired) electrons. The molecule has 1 aliphatic rings. The average Bonchev–Trinajstić information content (AvgIpc) is 3.07. The third-order valence-corrected chi connectivity index (χ3v) is 9.50. The van der Waals surface area contributed by atoms with E-state index >= 15 is 0 Å². The van der Waals surface area contributed by atoms with E-state index in [9.17, 15) is 19.1 Å².